The number of H-pyrrole nitrogens is 2. The normalized spacial score (nSPS) is 17.5. The van der Waals surface area contributed by atoms with Crippen molar-refractivity contribution in [3.63, 3.8) is 0 Å². The van der Waals surface area contributed by atoms with Crippen molar-refractivity contribution in [3.8, 4) is 0 Å². The first-order valence-corrected chi connectivity index (χ1v) is 6.74. The van der Waals surface area contributed by atoms with Gasteiger partial charge in [-0.2, -0.15) is 0 Å². The molecule has 1 saturated heterocycles. The predicted octanol–water partition coefficient (Wildman–Crippen LogP) is -0.220. The number of aliphatic carboxylic acids is 1. The Labute approximate surface area is 119 Å². The number of piperidine rings is 1. The number of hydrogen-bond acceptors (Lipinski definition) is 4. The lowest BCUT2D eigenvalue weighted by molar-refractivity contribution is -0.152. The number of rotatable bonds is 3. The second kappa shape index (κ2) is 5.55. The van der Waals surface area contributed by atoms with E-state index in [1.165, 1.54) is 4.90 Å². The average Bonchev–Trinajstić information content (AvgIpc) is 2.46. The van der Waals surface area contributed by atoms with E-state index in [0.29, 0.717) is 19.3 Å². The van der Waals surface area contributed by atoms with Gasteiger partial charge >= 0.3 is 11.7 Å². The van der Waals surface area contributed by atoms with Gasteiger partial charge in [0.15, 0.2) is 0 Å². The summed E-state index contributed by atoms with van der Waals surface area (Å²) in [5, 5.41) is 9.31. The molecule has 1 aliphatic rings. The van der Waals surface area contributed by atoms with Crippen molar-refractivity contribution in [3.05, 3.63) is 32.6 Å². The molecule has 0 aromatic carbocycles. The zero-order chi connectivity index (χ0) is 15.6. The zero-order valence-corrected chi connectivity index (χ0v) is 11.6. The highest BCUT2D eigenvalue weighted by Crippen LogP contribution is 2.35. The number of carbonyl (C=O) groups is 2. The number of nitrogens with one attached hydrogen (secondary N) is 2. The molecule has 0 unspecified atom stereocenters. The summed E-state index contributed by atoms with van der Waals surface area (Å²) in [6, 6.07) is 0. The Morgan fingerprint density at radius 2 is 1.95 bits per heavy atom. The standard InChI is InChI=1S/C13H17N3O5/c1-2-13(11(19)20)3-5-16(6-4-13)10(18)8-7-14-12(21)15-9(8)17/h7H,2-6H2,1H3,(H,19,20)(H2,14,15,17,21). The summed E-state index contributed by atoms with van der Waals surface area (Å²) >= 11 is 0. The molecule has 1 aromatic rings. The van der Waals surface area contributed by atoms with Gasteiger partial charge in [-0.05, 0) is 19.3 Å². The molecule has 0 saturated carbocycles. The molecule has 0 radical (unpaired) electrons. The van der Waals surface area contributed by atoms with Crippen LogP contribution in [0.4, 0.5) is 0 Å². The molecule has 8 heteroatoms. The molecule has 0 spiro atoms. The summed E-state index contributed by atoms with van der Waals surface area (Å²) in [5.74, 6) is -1.35. The predicted molar refractivity (Wildman–Crippen MR) is 73.2 cm³/mol. The molecular weight excluding hydrogens is 278 g/mol. The van der Waals surface area contributed by atoms with Crippen LogP contribution in [0.2, 0.25) is 0 Å². The van der Waals surface area contributed by atoms with Crippen molar-refractivity contribution in [1.29, 1.82) is 0 Å². The fourth-order valence-corrected chi connectivity index (χ4v) is 2.60. The fraction of sp³-hybridized carbons (Fsp3) is 0.538. The maximum absolute atomic E-state index is 12.2. The van der Waals surface area contributed by atoms with E-state index in [2.05, 4.69) is 4.98 Å². The lowest BCUT2D eigenvalue weighted by atomic mass is 9.76. The molecule has 0 aliphatic carbocycles. The van der Waals surface area contributed by atoms with Gasteiger partial charge in [0.05, 0.1) is 5.41 Å². The van der Waals surface area contributed by atoms with E-state index in [-0.39, 0.29) is 18.7 Å². The van der Waals surface area contributed by atoms with Crippen molar-refractivity contribution >= 4 is 11.9 Å². The molecular formula is C13H17N3O5. The monoisotopic (exact) mass is 295 g/mol. The molecule has 0 atom stereocenters. The van der Waals surface area contributed by atoms with Gasteiger partial charge in [-0.15, -0.1) is 0 Å². The van der Waals surface area contributed by atoms with Crippen LogP contribution < -0.4 is 11.2 Å². The Balaban J connectivity index is 2.15. The molecule has 1 aromatic heterocycles. The smallest absolute Gasteiger partial charge is 0.325 e. The Morgan fingerprint density at radius 1 is 1.33 bits per heavy atom. The van der Waals surface area contributed by atoms with E-state index >= 15 is 0 Å². The lowest BCUT2D eigenvalue weighted by Crippen LogP contribution is -2.47. The van der Waals surface area contributed by atoms with Crippen LogP contribution in [-0.2, 0) is 4.79 Å². The number of aromatic amines is 2. The van der Waals surface area contributed by atoms with Crippen LogP contribution in [0.15, 0.2) is 15.8 Å². The molecule has 1 fully saturated rings. The maximum Gasteiger partial charge on any atom is 0.325 e. The molecule has 3 N–H and O–H groups in total. The van der Waals surface area contributed by atoms with Crippen LogP contribution in [0.25, 0.3) is 0 Å². The minimum absolute atomic E-state index is 0.145. The number of amides is 1. The zero-order valence-electron chi connectivity index (χ0n) is 11.6. The van der Waals surface area contributed by atoms with E-state index in [4.69, 9.17) is 0 Å². The van der Waals surface area contributed by atoms with Crippen molar-refractivity contribution in [1.82, 2.24) is 14.9 Å². The number of carbonyl (C=O) groups excluding carboxylic acids is 1. The van der Waals surface area contributed by atoms with Gasteiger partial charge in [-0.1, -0.05) is 6.92 Å². The van der Waals surface area contributed by atoms with Crippen LogP contribution in [0.1, 0.15) is 36.5 Å². The highest BCUT2D eigenvalue weighted by atomic mass is 16.4. The van der Waals surface area contributed by atoms with Gasteiger partial charge in [-0.3, -0.25) is 19.4 Å². The summed E-state index contributed by atoms with van der Waals surface area (Å²) in [5.41, 5.74) is -2.36. The number of carboxylic acid groups (broad SMARTS) is 1. The van der Waals surface area contributed by atoms with Crippen LogP contribution >= 0.6 is 0 Å². The summed E-state index contributed by atoms with van der Waals surface area (Å²) < 4.78 is 0. The second-order valence-corrected chi connectivity index (χ2v) is 5.22. The fourth-order valence-electron chi connectivity index (χ4n) is 2.60. The summed E-state index contributed by atoms with van der Waals surface area (Å²) in [7, 11) is 0. The van der Waals surface area contributed by atoms with Gasteiger partial charge in [0.25, 0.3) is 11.5 Å². The largest absolute Gasteiger partial charge is 0.481 e. The number of aromatic nitrogens is 2. The molecule has 0 bridgehead atoms. The Morgan fingerprint density at radius 3 is 2.43 bits per heavy atom. The van der Waals surface area contributed by atoms with Crippen LogP contribution in [0.3, 0.4) is 0 Å². The van der Waals surface area contributed by atoms with Crippen LogP contribution in [0, 0.1) is 5.41 Å². The Bertz CT molecular complexity index is 667. The first-order valence-electron chi connectivity index (χ1n) is 6.74. The van der Waals surface area contributed by atoms with Gasteiger partial charge < -0.3 is 15.0 Å². The molecule has 21 heavy (non-hydrogen) atoms. The molecule has 8 nitrogen and oxygen atoms in total. The van der Waals surface area contributed by atoms with Crippen LogP contribution in [-0.4, -0.2) is 44.9 Å². The highest BCUT2D eigenvalue weighted by Gasteiger charge is 2.41. The van der Waals surface area contributed by atoms with E-state index < -0.39 is 28.5 Å². The van der Waals surface area contributed by atoms with Crippen molar-refractivity contribution in [2.45, 2.75) is 26.2 Å². The van der Waals surface area contributed by atoms with Gasteiger partial charge in [0.2, 0.25) is 0 Å². The van der Waals surface area contributed by atoms with E-state index in [1.54, 1.807) is 0 Å². The Hall–Kier alpha value is -2.38. The molecule has 1 aliphatic heterocycles. The van der Waals surface area contributed by atoms with E-state index in [0.717, 1.165) is 6.20 Å². The summed E-state index contributed by atoms with van der Waals surface area (Å²) in [4.78, 5) is 51.8. The summed E-state index contributed by atoms with van der Waals surface area (Å²) in [6.07, 6.45) is 2.30. The number of hydrogen-bond donors (Lipinski definition) is 3. The van der Waals surface area contributed by atoms with Crippen molar-refractivity contribution in [2.24, 2.45) is 5.41 Å². The minimum Gasteiger partial charge on any atom is -0.481 e. The van der Waals surface area contributed by atoms with Crippen LogP contribution in [0.5, 0.6) is 0 Å². The minimum atomic E-state index is -0.848. The number of nitrogens with zero attached hydrogens (tertiary/aromatic N) is 1. The first-order chi connectivity index (χ1) is 9.89. The third-order valence-corrected chi connectivity index (χ3v) is 4.19. The van der Waals surface area contributed by atoms with Crippen molar-refractivity contribution < 1.29 is 14.7 Å². The molecule has 114 valence electrons. The van der Waals surface area contributed by atoms with Crippen molar-refractivity contribution in [2.75, 3.05) is 13.1 Å². The highest BCUT2D eigenvalue weighted by molar-refractivity contribution is 5.93. The quantitative estimate of drug-likeness (QED) is 0.711. The Kier molecular flexibility index (Phi) is 3.97. The molecule has 2 heterocycles. The van der Waals surface area contributed by atoms with Gasteiger partial charge in [-0.25, -0.2) is 4.79 Å². The third kappa shape index (κ3) is 2.74. The van der Waals surface area contributed by atoms with Gasteiger partial charge in [0.1, 0.15) is 5.56 Å². The lowest BCUT2D eigenvalue weighted by Gasteiger charge is -2.38. The average molecular weight is 295 g/mol. The van der Waals surface area contributed by atoms with E-state index in [9.17, 15) is 24.3 Å². The summed E-state index contributed by atoms with van der Waals surface area (Å²) in [6.45, 7) is 2.37. The molecule has 1 amide bonds. The third-order valence-electron chi connectivity index (χ3n) is 4.19. The number of carboxylic acids is 1. The van der Waals surface area contributed by atoms with Gasteiger partial charge in [0, 0.05) is 19.3 Å². The van der Waals surface area contributed by atoms with E-state index in [1.807, 2.05) is 11.9 Å². The number of likely N-dealkylation sites (tertiary alicyclic amines) is 1. The maximum atomic E-state index is 12.2. The topological polar surface area (TPSA) is 123 Å². The molecule has 2 rings (SSSR count). The SMILES string of the molecule is CCC1(C(=O)O)CCN(C(=O)c2c[nH]c(=O)[nH]c2=O)CC1. The second-order valence-electron chi connectivity index (χ2n) is 5.22. The first kappa shape index (κ1) is 15.0.